The number of hydrogen-bond acceptors (Lipinski definition) is 2. The van der Waals surface area contributed by atoms with E-state index in [1.165, 1.54) is 53.1 Å². The predicted molar refractivity (Wildman–Crippen MR) is 99.8 cm³/mol. The first kappa shape index (κ1) is 16.2. The van der Waals surface area contributed by atoms with Crippen LogP contribution < -0.4 is 4.90 Å². The number of ether oxygens (including phenoxy) is 1. The van der Waals surface area contributed by atoms with Gasteiger partial charge in [-0.3, -0.25) is 0 Å². The molecule has 1 saturated heterocycles. The van der Waals surface area contributed by atoms with Crippen LogP contribution in [0.1, 0.15) is 41.2 Å². The van der Waals surface area contributed by atoms with Crippen LogP contribution in [0, 0.1) is 6.92 Å². The predicted octanol–water partition coefficient (Wildman–Crippen LogP) is 3.38. The van der Waals surface area contributed by atoms with Crippen molar-refractivity contribution in [1.82, 2.24) is 0 Å². The second kappa shape index (κ2) is 6.91. The van der Waals surface area contributed by atoms with Crippen LogP contribution in [-0.2, 0) is 10.5 Å². The third-order valence-corrected chi connectivity index (χ3v) is 6.42. The topological polar surface area (TPSA) is 13.7 Å². The van der Waals surface area contributed by atoms with E-state index in [1.807, 2.05) is 11.8 Å². The highest BCUT2D eigenvalue weighted by molar-refractivity contribution is 7.98. The van der Waals surface area contributed by atoms with Gasteiger partial charge in [-0.1, -0.05) is 42.0 Å². The lowest BCUT2D eigenvalue weighted by molar-refractivity contribution is -0.885. The van der Waals surface area contributed by atoms with Gasteiger partial charge in [0.05, 0.1) is 26.2 Å². The Balaban J connectivity index is 1.71. The molecule has 2 nitrogen and oxygen atoms in total. The molecule has 1 fully saturated rings. The molecule has 2 heterocycles. The summed E-state index contributed by atoms with van der Waals surface area (Å²) in [5.41, 5.74) is 5.45. The van der Waals surface area contributed by atoms with E-state index in [4.69, 9.17) is 4.74 Å². The minimum absolute atomic E-state index is 0.0782. The van der Waals surface area contributed by atoms with Gasteiger partial charge in [0, 0.05) is 23.5 Å². The van der Waals surface area contributed by atoms with Crippen molar-refractivity contribution in [2.45, 2.75) is 42.6 Å². The smallest absolute Gasteiger partial charge is 0.109 e. The van der Waals surface area contributed by atoms with Gasteiger partial charge in [0.25, 0.3) is 0 Å². The van der Waals surface area contributed by atoms with Gasteiger partial charge < -0.3 is 9.64 Å². The first-order chi connectivity index (χ1) is 11.7. The normalized spacial score (nSPS) is 26.3. The second-order valence-corrected chi connectivity index (χ2v) is 8.22. The van der Waals surface area contributed by atoms with Crippen LogP contribution in [0.4, 0.5) is 0 Å². The SMILES string of the molecule is Cc1ccc2c(c1)[C@@H](OC1CC[NH+](C)CC1)c1ccccc1CS2. The van der Waals surface area contributed by atoms with Crippen LogP contribution >= 0.6 is 11.8 Å². The molecular weight excluding hydrogens is 314 g/mol. The summed E-state index contributed by atoms with van der Waals surface area (Å²) in [6.45, 7) is 4.61. The summed E-state index contributed by atoms with van der Waals surface area (Å²) in [5, 5.41) is 0. The van der Waals surface area contributed by atoms with Crippen molar-refractivity contribution < 1.29 is 9.64 Å². The zero-order valence-corrected chi connectivity index (χ0v) is 15.4. The van der Waals surface area contributed by atoms with E-state index < -0.39 is 0 Å². The van der Waals surface area contributed by atoms with Crippen LogP contribution in [0.2, 0.25) is 0 Å². The first-order valence-corrected chi connectivity index (χ1v) is 9.97. The van der Waals surface area contributed by atoms with Crippen LogP contribution in [0.25, 0.3) is 0 Å². The van der Waals surface area contributed by atoms with Gasteiger partial charge in [-0.25, -0.2) is 0 Å². The maximum atomic E-state index is 6.74. The molecular formula is C21H26NOS+. The number of quaternary nitrogens is 1. The standard InChI is InChI=1S/C21H25NOS/c1-15-7-8-20-19(13-15)21(23-17-9-11-22(2)12-10-17)18-6-4-3-5-16(18)14-24-20/h3-8,13,17,21H,9-12,14H2,1-2H3/p+1/t21-/m0/s1. The van der Waals surface area contributed by atoms with Crippen molar-refractivity contribution in [3.8, 4) is 0 Å². The summed E-state index contributed by atoms with van der Waals surface area (Å²) >= 11 is 1.94. The van der Waals surface area contributed by atoms with Gasteiger partial charge in [-0.05, 0) is 29.7 Å². The Labute approximate surface area is 149 Å². The van der Waals surface area contributed by atoms with Gasteiger partial charge >= 0.3 is 0 Å². The number of rotatable bonds is 2. The summed E-state index contributed by atoms with van der Waals surface area (Å²) in [4.78, 5) is 3.00. The zero-order chi connectivity index (χ0) is 16.5. The third kappa shape index (κ3) is 3.26. The fourth-order valence-electron chi connectivity index (χ4n) is 3.81. The average molecular weight is 341 g/mol. The number of thioether (sulfide) groups is 1. The molecule has 0 radical (unpaired) electrons. The highest BCUT2D eigenvalue weighted by Gasteiger charge is 2.29. The zero-order valence-electron chi connectivity index (χ0n) is 14.5. The van der Waals surface area contributed by atoms with Crippen molar-refractivity contribution in [3.63, 3.8) is 0 Å². The van der Waals surface area contributed by atoms with E-state index in [9.17, 15) is 0 Å². The Kier molecular flexibility index (Phi) is 4.66. The van der Waals surface area contributed by atoms with Gasteiger partial charge in [0.15, 0.2) is 0 Å². The Morgan fingerprint density at radius 2 is 1.83 bits per heavy atom. The number of likely N-dealkylation sites (tertiary alicyclic amines) is 1. The van der Waals surface area contributed by atoms with E-state index in [0.29, 0.717) is 6.10 Å². The lowest BCUT2D eigenvalue weighted by Crippen LogP contribution is -3.10. The second-order valence-electron chi connectivity index (χ2n) is 7.20. The lowest BCUT2D eigenvalue weighted by atomic mass is 9.95. The number of fused-ring (bicyclic) bond motifs is 2. The van der Waals surface area contributed by atoms with Gasteiger partial charge in [0.1, 0.15) is 6.10 Å². The molecule has 1 N–H and O–H groups in total. The summed E-state index contributed by atoms with van der Waals surface area (Å²) < 4.78 is 6.74. The van der Waals surface area contributed by atoms with Crippen molar-refractivity contribution in [1.29, 1.82) is 0 Å². The minimum Gasteiger partial charge on any atom is -0.365 e. The highest BCUT2D eigenvalue weighted by atomic mass is 32.2. The number of piperidine rings is 1. The van der Waals surface area contributed by atoms with Crippen molar-refractivity contribution in [2.24, 2.45) is 0 Å². The molecule has 24 heavy (non-hydrogen) atoms. The quantitative estimate of drug-likeness (QED) is 0.900. The third-order valence-electron chi connectivity index (χ3n) is 5.28. The number of nitrogens with one attached hydrogen (secondary N) is 1. The molecule has 0 aliphatic carbocycles. The monoisotopic (exact) mass is 340 g/mol. The summed E-state index contributed by atoms with van der Waals surface area (Å²) in [7, 11) is 2.28. The van der Waals surface area contributed by atoms with Crippen LogP contribution in [-0.4, -0.2) is 26.2 Å². The fraction of sp³-hybridized carbons (Fsp3) is 0.429. The fourth-order valence-corrected chi connectivity index (χ4v) is 4.88. The summed E-state index contributed by atoms with van der Waals surface area (Å²) in [5.74, 6) is 1.03. The van der Waals surface area contributed by atoms with Crippen LogP contribution in [0.3, 0.4) is 0 Å². The Morgan fingerprint density at radius 1 is 1.04 bits per heavy atom. The van der Waals surface area contributed by atoms with Crippen molar-refractivity contribution in [2.75, 3.05) is 20.1 Å². The molecule has 0 aromatic heterocycles. The summed E-state index contributed by atoms with van der Waals surface area (Å²) in [6.07, 6.45) is 2.79. The van der Waals surface area contributed by atoms with Gasteiger partial charge in [0.2, 0.25) is 0 Å². The Hall–Kier alpha value is -1.29. The molecule has 2 aliphatic rings. The maximum Gasteiger partial charge on any atom is 0.109 e. The lowest BCUT2D eigenvalue weighted by Gasteiger charge is -2.31. The molecule has 2 aliphatic heterocycles. The molecule has 4 rings (SSSR count). The molecule has 0 bridgehead atoms. The Bertz CT molecular complexity index is 722. The van der Waals surface area contributed by atoms with E-state index in [2.05, 4.69) is 56.4 Å². The minimum atomic E-state index is 0.0782. The average Bonchev–Trinajstić information content (AvgIpc) is 2.74. The van der Waals surface area contributed by atoms with E-state index in [-0.39, 0.29) is 6.10 Å². The highest BCUT2D eigenvalue weighted by Crippen LogP contribution is 2.42. The molecule has 3 heteroatoms. The molecule has 1 atom stereocenters. The maximum absolute atomic E-state index is 6.74. The van der Waals surface area contributed by atoms with E-state index in [0.717, 1.165) is 5.75 Å². The van der Waals surface area contributed by atoms with Gasteiger partial charge in [-0.2, -0.15) is 0 Å². The molecule has 0 spiro atoms. The van der Waals surface area contributed by atoms with Crippen LogP contribution in [0.5, 0.6) is 0 Å². The number of hydrogen-bond donors (Lipinski definition) is 1. The van der Waals surface area contributed by atoms with Gasteiger partial charge in [-0.15, -0.1) is 11.8 Å². The Morgan fingerprint density at radius 3 is 2.67 bits per heavy atom. The number of aryl methyl sites for hydroxylation is 1. The molecule has 0 amide bonds. The van der Waals surface area contributed by atoms with Crippen molar-refractivity contribution in [3.05, 3.63) is 64.7 Å². The summed E-state index contributed by atoms with van der Waals surface area (Å²) in [6, 6.07) is 15.6. The number of benzene rings is 2. The molecule has 0 unspecified atom stereocenters. The molecule has 2 aromatic carbocycles. The molecule has 0 saturated carbocycles. The first-order valence-electron chi connectivity index (χ1n) is 8.98. The molecule has 2 aromatic rings. The molecule has 126 valence electrons. The van der Waals surface area contributed by atoms with E-state index in [1.54, 1.807) is 4.90 Å². The van der Waals surface area contributed by atoms with Crippen LogP contribution in [0.15, 0.2) is 47.4 Å². The van der Waals surface area contributed by atoms with E-state index >= 15 is 0 Å². The van der Waals surface area contributed by atoms with Crippen molar-refractivity contribution >= 4 is 11.8 Å². The largest absolute Gasteiger partial charge is 0.365 e.